The van der Waals surface area contributed by atoms with E-state index in [2.05, 4.69) is 19.1 Å². The van der Waals surface area contributed by atoms with E-state index in [4.69, 9.17) is 14.9 Å². The highest BCUT2D eigenvalue weighted by Crippen LogP contribution is 1.92. The van der Waals surface area contributed by atoms with Crippen LogP contribution in [0, 0.1) is 17.0 Å². The van der Waals surface area contributed by atoms with Gasteiger partial charge in [0.1, 0.15) is 0 Å². The summed E-state index contributed by atoms with van der Waals surface area (Å²) in [7, 11) is 0. The number of nitro groups is 1. The molecule has 0 heterocycles. The zero-order valence-corrected chi connectivity index (χ0v) is 7.01. The van der Waals surface area contributed by atoms with E-state index in [1.165, 1.54) is 5.56 Å². The normalized spacial score (nSPS) is 7.46. The number of isocyanates is 1. The van der Waals surface area contributed by atoms with Gasteiger partial charge in [0, 0.05) is 0 Å². The molecule has 0 fully saturated rings. The highest BCUT2D eigenvalue weighted by atomic mass is 16.7. The summed E-state index contributed by atoms with van der Waals surface area (Å²) < 4.78 is 0. The lowest BCUT2D eigenvalue weighted by atomic mass is 10.2. The summed E-state index contributed by atoms with van der Waals surface area (Å²) in [4.78, 5) is 17.9. The first kappa shape index (κ1) is 11.0. The third-order valence-corrected chi connectivity index (χ3v) is 1.06. The van der Waals surface area contributed by atoms with E-state index >= 15 is 0 Å². The fourth-order valence-electron chi connectivity index (χ4n) is 0.568. The van der Waals surface area contributed by atoms with Crippen molar-refractivity contribution in [2.24, 2.45) is 5.10 Å². The second kappa shape index (κ2) is 6.69. The lowest BCUT2D eigenvalue weighted by molar-refractivity contribution is -0.484. The number of hydrazone groups is 1. The first-order chi connectivity index (χ1) is 6.16. The number of nitrogens with zero attached hydrogens (tertiary/aromatic N) is 2. The van der Waals surface area contributed by atoms with E-state index < -0.39 is 5.03 Å². The average molecular weight is 180 g/mol. The van der Waals surface area contributed by atoms with Crippen LogP contribution in [0.25, 0.3) is 0 Å². The molecular weight excluding hydrogens is 172 g/mol. The molecule has 0 bridgehead atoms. The Balaban J connectivity index is 0.000000226. The Hall–Kier alpha value is -2.00. The highest BCUT2D eigenvalue weighted by Gasteiger charge is 1.78. The molecule has 68 valence electrons. The van der Waals surface area contributed by atoms with Crippen molar-refractivity contribution in [2.45, 2.75) is 6.92 Å². The van der Waals surface area contributed by atoms with Gasteiger partial charge in [-0.25, -0.2) is 14.9 Å². The van der Waals surface area contributed by atoms with Crippen LogP contribution in [0.1, 0.15) is 5.56 Å². The largest absolute Gasteiger partial charge is 0.312 e. The van der Waals surface area contributed by atoms with E-state index in [-0.39, 0.29) is 0 Å². The predicted octanol–water partition coefficient (Wildman–Crippen LogP) is 1.51. The van der Waals surface area contributed by atoms with Gasteiger partial charge >= 0.3 is 6.08 Å². The van der Waals surface area contributed by atoms with Gasteiger partial charge in [-0.3, -0.25) is 0 Å². The van der Waals surface area contributed by atoms with Crippen LogP contribution in [0.4, 0.5) is 0 Å². The van der Waals surface area contributed by atoms with Gasteiger partial charge in [-0.2, -0.15) is 0 Å². The number of hydrogen-bond acceptors (Lipinski definition) is 3. The number of rotatable bonds is 1. The topological polar surface area (TPSA) is 72.6 Å². The van der Waals surface area contributed by atoms with Crippen LogP contribution in [0.15, 0.2) is 35.4 Å². The molecule has 0 N–H and O–H groups in total. The Morgan fingerprint density at radius 1 is 1.38 bits per heavy atom. The van der Waals surface area contributed by atoms with Crippen LogP contribution >= 0.6 is 0 Å². The summed E-state index contributed by atoms with van der Waals surface area (Å²) >= 11 is 0. The third-order valence-electron chi connectivity index (χ3n) is 1.06. The van der Waals surface area contributed by atoms with Crippen molar-refractivity contribution < 1.29 is 9.83 Å². The minimum atomic E-state index is -1.12. The summed E-state index contributed by atoms with van der Waals surface area (Å²) in [5, 5.41) is 9.90. The molecule has 0 aliphatic heterocycles. The molecule has 5 nitrogen and oxygen atoms in total. The SMILES string of the molecule is Cc1ccccc1.O=C=N[N+](=O)[O-]. The second-order valence-electron chi connectivity index (χ2n) is 2.08. The number of benzene rings is 1. The van der Waals surface area contributed by atoms with Crippen molar-refractivity contribution in [2.75, 3.05) is 0 Å². The van der Waals surface area contributed by atoms with Crippen LogP contribution in [0.2, 0.25) is 0 Å². The molecule has 0 amide bonds. The Kier molecular flexibility index (Phi) is 5.66. The Bertz CT molecular complexity index is 304. The number of carbonyl (C=O) groups excluding carboxylic acids is 1. The first-order valence-electron chi connectivity index (χ1n) is 3.40. The molecule has 0 radical (unpaired) electrons. The van der Waals surface area contributed by atoms with Crippen LogP contribution < -0.4 is 0 Å². The molecule has 0 atom stereocenters. The maximum Gasteiger partial charge on any atom is 0.312 e. The lowest BCUT2D eigenvalue weighted by Gasteiger charge is -1.82. The van der Waals surface area contributed by atoms with Gasteiger partial charge < -0.3 is 0 Å². The molecule has 1 aromatic carbocycles. The Morgan fingerprint density at radius 3 is 2.08 bits per heavy atom. The van der Waals surface area contributed by atoms with Crippen molar-refractivity contribution in [1.82, 2.24) is 0 Å². The molecule has 0 spiro atoms. The smallest absolute Gasteiger partial charge is 0.232 e. The molecule has 1 aromatic rings. The molecule has 0 saturated carbocycles. The molecule has 0 aliphatic rings. The van der Waals surface area contributed by atoms with E-state index in [0.29, 0.717) is 0 Å². The summed E-state index contributed by atoms with van der Waals surface area (Å²) in [5.74, 6) is 0. The maximum absolute atomic E-state index is 8.98. The van der Waals surface area contributed by atoms with E-state index in [1.54, 1.807) is 0 Å². The van der Waals surface area contributed by atoms with Crippen molar-refractivity contribution >= 4 is 6.08 Å². The van der Waals surface area contributed by atoms with Crippen LogP contribution in [0.5, 0.6) is 0 Å². The summed E-state index contributed by atoms with van der Waals surface area (Å²) in [6.07, 6.45) is 0.743. The van der Waals surface area contributed by atoms with E-state index in [0.717, 1.165) is 6.08 Å². The van der Waals surface area contributed by atoms with Gasteiger partial charge in [0.05, 0.1) is 0 Å². The number of hydrogen-bond donors (Lipinski definition) is 0. The molecule has 0 saturated heterocycles. The fourth-order valence-corrected chi connectivity index (χ4v) is 0.568. The minimum Gasteiger partial charge on any atom is -0.232 e. The highest BCUT2D eigenvalue weighted by molar-refractivity contribution is 5.30. The van der Waals surface area contributed by atoms with Crippen molar-refractivity contribution in [3.63, 3.8) is 0 Å². The van der Waals surface area contributed by atoms with Gasteiger partial charge in [0.25, 0.3) is 0 Å². The van der Waals surface area contributed by atoms with Gasteiger partial charge in [-0.15, -0.1) is 0 Å². The third kappa shape index (κ3) is 7.90. The lowest BCUT2D eigenvalue weighted by Crippen LogP contribution is -1.80. The van der Waals surface area contributed by atoms with E-state index in [9.17, 15) is 0 Å². The maximum atomic E-state index is 8.98. The summed E-state index contributed by atoms with van der Waals surface area (Å²) in [6, 6.07) is 10.3. The van der Waals surface area contributed by atoms with Crippen molar-refractivity contribution in [3.05, 3.63) is 46.0 Å². The van der Waals surface area contributed by atoms with Crippen LogP contribution in [-0.4, -0.2) is 11.1 Å². The summed E-state index contributed by atoms with van der Waals surface area (Å²) in [5.41, 5.74) is 1.32. The van der Waals surface area contributed by atoms with Crippen molar-refractivity contribution in [3.8, 4) is 0 Å². The standard InChI is InChI=1S/C7H8.CN2O3/c1-7-5-3-2-4-6-7;4-1-2-3(5)6/h2-6H,1H3;. The molecule has 0 aromatic heterocycles. The molecule has 1 rings (SSSR count). The Labute approximate surface area is 74.8 Å². The number of aryl methyl sites for hydroxylation is 1. The van der Waals surface area contributed by atoms with Gasteiger partial charge in [0.15, 0.2) is 5.10 Å². The molecule has 13 heavy (non-hydrogen) atoms. The van der Waals surface area contributed by atoms with Gasteiger partial charge in [0.2, 0.25) is 5.03 Å². The van der Waals surface area contributed by atoms with Crippen LogP contribution in [0.3, 0.4) is 0 Å². The monoisotopic (exact) mass is 180 g/mol. The second-order valence-corrected chi connectivity index (χ2v) is 2.08. The van der Waals surface area contributed by atoms with Gasteiger partial charge in [-0.05, 0) is 6.92 Å². The summed E-state index contributed by atoms with van der Waals surface area (Å²) in [6.45, 7) is 2.08. The quantitative estimate of drug-likeness (QED) is 0.284. The van der Waals surface area contributed by atoms with Crippen molar-refractivity contribution in [1.29, 1.82) is 0 Å². The molecule has 0 aliphatic carbocycles. The van der Waals surface area contributed by atoms with E-state index in [1.807, 2.05) is 23.3 Å². The molecule has 0 unspecified atom stereocenters. The van der Waals surface area contributed by atoms with Gasteiger partial charge in [-0.1, -0.05) is 35.9 Å². The minimum absolute atomic E-state index is 0.743. The average Bonchev–Trinajstić information content (AvgIpc) is 2.06. The predicted molar refractivity (Wildman–Crippen MR) is 46.3 cm³/mol. The molecular formula is C8H8N2O3. The fraction of sp³-hybridized carbons (Fsp3) is 0.125. The first-order valence-corrected chi connectivity index (χ1v) is 3.40. The van der Waals surface area contributed by atoms with Crippen LogP contribution in [-0.2, 0) is 4.79 Å². The molecule has 5 heteroatoms. The zero-order valence-electron chi connectivity index (χ0n) is 7.01. The Morgan fingerprint density at radius 2 is 1.92 bits per heavy atom. The zero-order chi connectivity index (χ0) is 10.1.